The van der Waals surface area contributed by atoms with Crippen molar-refractivity contribution in [2.45, 2.75) is 42.0 Å². The summed E-state index contributed by atoms with van der Waals surface area (Å²) in [5.74, 6) is 0.166. The Kier molecular flexibility index (Phi) is 6.17. The average Bonchev–Trinajstić information content (AvgIpc) is 3.30. The normalized spacial score (nSPS) is 20.9. The lowest BCUT2D eigenvalue weighted by Crippen LogP contribution is -2.29. The Morgan fingerprint density at radius 1 is 0.944 bits per heavy atom. The van der Waals surface area contributed by atoms with Gasteiger partial charge in [-0.05, 0) is 84.8 Å². The zero-order chi connectivity index (χ0) is 25.8. The smallest absolute Gasteiger partial charge is 0.263 e. The van der Waals surface area contributed by atoms with Crippen molar-refractivity contribution in [1.82, 2.24) is 0 Å². The van der Waals surface area contributed by atoms with Gasteiger partial charge in [0.2, 0.25) is 0 Å². The molecule has 0 radical (unpaired) electrons. The highest BCUT2D eigenvalue weighted by molar-refractivity contribution is 7.92. The van der Waals surface area contributed by atoms with Gasteiger partial charge in [-0.1, -0.05) is 42.0 Å². The highest BCUT2D eigenvalue weighted by Crippen LogP contribution is 2.51. The number of halogens is 1. The van der Waals surface area contributed by atoms with E-state index in [1.54, 1.807) is 36.4 Å². The third-order valence-corrected chi connectivity index (χ3v) is 10.1. The minimum atomic E-state index is -3.91. The first kappa shape index (κ1) is 24.9. The van der Waals surface area contributed by atoms with Gasteiger partial charge in [0.1, 0.15) is 4.90 Å². The number of rotatable bonds is 5. The quantitative estimate of drug-likeness (QED) is 0.386. The van der Waals surface area contributed by atoms with Gasteiger partial charge in [-0.25, -0.2) is 16.8 Å². The van der Waals surface area contributed by atoms with Gasteiger partial charge < -0.3 is 5.32 Å². The van der Waals surface area contributed by atoms with Crippen LogP contribution in [0.4, 0.5) is 11.4 Å². The van der Waals surface area contributed by atoms with E-state index in [2.05, 4.69) is 22.2 Å². The van der Waals surface area contributed by atoms with Gasteiger partial charge >= 0.3 is 0 Å². The second kappa shape index (κ2) is 8.94. The van der Waals surface area contributed by atoms with E-state index in [4.69, 9.17) is 11.6 Å². The van der Waals surface area contributed by atoms with Crippen LogP contribution in [0.25, 0.3) is 0 Å². The van der Waals surface area contributed by atoms with E-state index in [0.717, 1.165) is 34.4 Å². The number of sulfone groups is 1. The SMILES string of the molecule is Cc1ccc(NS(=O)(=O)c2cc3c(cc2Cl)NC(c2ccc(S(C)(=O)=O)cc2)C2CC=CC32)cc1C. The number of sulfonamides is 1. The molecule has 0 amide bonds. The molecule has 2 aliphatic rings. The molecule has 2 N–H and O–H groups in total. The third-order valence-electron chi connectivity index (χ3n) is 7.13. The zero-order valence-corrected chi connectivity index (χ0v) is 22.5. The van der Waals surface area contributed by atoms with E-state index in [1.165, 1.54) is 6.26 Å². The summed E-state index contributed by atoms with van der Waals surface area (Å²) in [6.07, 6.45) is 6.24. The summed E-state index contributed by atoms with van der Waals surface area (Å²) in [5.41, 5.74) is 5.18. The van der Waals surface area contributed by atoms with E-state index in [1.807, 2.05) is 32.0 Å². The van der Waals surface area contributed by atoms with Crippen LogP contribution >= 0.6 is 11.6 Å². The van der Waals surface area contributed by atoms with Crippen molar-refractivity contribution in [2.75, 3.05) is 16.3 Å². The van der Waals surface area contributed by atoms with Gasteiger partial charge in [-0.2, -0.15) is 0 Å². The maximum absolute atomic E-state index is 13.3. The van der Waals surface area contributed by atoms with Crippen molar-refractivity contribution in [2.24, 2.45) is 5.92 Å². The van der Waals surface area contributed by atoms with Crippen LogP contribution in [0, 0.1) is 19.8 Å². The standard InChI is InChI=1S/C27H27ClN2O4S2/c1-16-7-10-19(13-17(16)2)30-36(33,34)26-14-23-21-5-4-6-22(21)27(29-25(23)15-24(26)28)18-8-11-20(12-9-18)35(3,31)32/h4-5,7-15,21-22,27,29-30H,6H2,1-3H3. The number of hydrogen-bond donors (Lipinski definition) is 2. The Labute approximate surface area is 217 Å². The minimum Gasteiger partial charge on any atom is -0.378 e. The van der Waals surface area contributed by atoms with Gasteiger partial charge in [-0.15, -0.1) is 0 Å². The lowest BCUT2D eigenvalue weighted by Gasteiger charge is -2.38. The van der Waals surface area contributed by atoms with E-state index in [0.29, 0.717) is 5.69 Å². The molecule has 6 nitrogen and oxygen atoms in total. The largest absolute Gasteiger partial charge is 0.378 e. The number of hydrogen-bond acceptors (Lipinski definition) is 5. The van der Waals surface area contributed by atoms with Crippen molar-refractivity contribution in [3.63, 3.8) is 0 Å². The van der Waals surface area contributed by atoms with Crippen molar-refractivity contribution >= 4 is 42.8 Å². The van der Waals surface area contributed by atoms with Gasteiger partial charge in [0.05, 0.1) is 16.0 Å². The average molecular weight is 543 g/mol. The van der Waals surface area contributed by atoms with Gasteiger partial charge in [0, 0.05) is 23.5 Å². The zero-order valence-electron chi connectivity index (χ0n) is 20.1. The van der Waals surface area contributed by atoms with Gasteiger partial charge in [0.25, 0.3) is 10.0 Å². The van der Waals surface area contributed by atoms with Gasteiger partial charge in [0.15, 0.2) is 9.84 Å². The molecular weight excluding hydrogens is 516 g/mol. The summed E-state index contributed by atoms with van der Waals surface area (Å²) < 4.78 is 53.0. The monoisotopic (exact) mass is 542 g/mol. The molecule has 1 heterocycles. The summed E-state index contributed by atoms with van der Waals surface area (Å²) in [6.45, 7) is 3.90. The molecule has 3 unspecified atom stereocenters. The van der Waals surface area contributed by atoms with Crippen LogP contribution in [-0.4, -0.2) is 23.1 Å². The van der Waals surface area contributed by atoms with Crippen LogP contribution < -0.4 is 10.0 Å². The van der Waals surface area contributed by atoms with E-state index in [9.17, 15) is 16.8 Å². The van der Waals surface area contributed by atoms with Crippen molar-refractivity contribution in [3.05, 3.63) is 94.0 Å². The molecule has 188 valence electrons. The van der Waals surface area contributed by atoms with Gasteiger partial charge in [-0.3, -0.25) is 4.72 Å². The van der Waals surface area contributed by atoms with Crippen LogP contribution in [-0.2, 0) is 19.9 Å². The maximum Gasteiger partial charge on any atom is 0.263 e. The molecule has 0 aromatic heterocycles. The Hall–Kier alpha value is -2.81. The fourth-order valence-electron chi connectivity index (χ4n) is 5.07. The van der Waals surface area contributed by atoms with Crippen molar-refractivity contribution in [1.29, 1.82) is 0 Å². The summed E-state index contributed by atoms with van der Waals surface area (Å²) in [6, 6.07) is 15.6. The van der Waals surface area contributed by atoms with E-state index >= 15 is 0 Å². The van der Waals surface area contributed by atoms with Crippen LogP contribution in [0.1, 0.15) is 40.6 Å². The molecule has 0 saturated carbocycles. The summed E-state index contributed by atoms with van der Waals surface area (Å²) in [7, 11) is -7.19. The highest BCUT2D eigenvalue weighted by atomic mass is 35.5. The molecule has 0 fully saturated rings. The second-order valence-electron chi connectivity index (χ2n) is 9.59. The topological polar surface area (TPSA) is 92.3 Å². The van der Waals surface area contributed by atoms with E-state index in [-0.39, 0.29) is 32.7 Å². The van der Waals surface area contributed by atoms with Crippen LogP contribution in [0.2, 0.25) is 5.02 Å². The molecule has 5 rings (SSSR count). The molecule has 0 saturated heterocycles. The maximum atomic E-state index is 13.3. The number of aryl methyl sites for hydroxylation is 2. The molecule has 1 aliphatic carbocycles. The fourth-order valence-corrected chi connectivity index (χ4v) is 7.31. The predicted octanol–water partition coefficient (Wildman–Crippen LogP) is 5.99. The molecule has 9 heteroatoms. The van der Waals surface area contributed by atoms with E-state index < -0.39 is 19.9 Å². The summed E-state index contributed by atoms with van der Waals surface area (Å²) >= 11 is 6.53. The highest BCUT2D eigenvalue weighted by Gasteiger charge is 2.39. The molecule has 36 heavy (non-hydrogen) atoms. The Balaban J connectivity index is 1.50. The Morgan fingerprint density at radius 2 is 1.67 bits per heavy atom. The van der Waals surface area contributed by atoms with Crippen LogP contribution in [0.3, 0.4) is 0 Å². The Bertz CT molecular complexity index is 1600. The lowest BCUT2D eigenvalue weighted by molar-refractivity contribution is 0.425. The van der Waals surface area contributed by atoms with Crippen molar-refractivity contribution < 1.29 is 16.8 Å². The number of nitrogens with one attached hydrogen (secondary N) is 2. The molecule has 1 aliphatic heterocycles. The van der Waals surface area contributed by atoms with Crippen molar-refractivity contribution in [3.8, 4) is 0 Å². The Morgan fingerprint density at radius 3 is 2.33 bits per heavy atom. The molecule has 0 spiro atoms. The first-order valence-electron chi connectivity index (χ1n) is 11.6. The number of anilines is 2. The molecular formula is C27H27ClN2O4S2. The molecule has 3 atom stereocenters. The first-order chi connectivity index (χ1) is 16.9. The number of fused-ring (bicyclic) bond motifs is 3. The molecule has 3 aromatic carbocycles. The number of allylic oxidation sites excluding steroid dienone is 2. The first-order valence-corrected chi connectivity index (χ1v) is 15.4. The summed E-state index contributed by atoms with van der Waals surface area (Å²) in [4.78, 5) is 0.315. The predicted molar refractivity (Wildman–Crippen MR) is 144 cm³/mol. The number of benzene rings is 3. The second-order valence-corrected chi connectivity index (χ2v) is 13.7. The minimum absolute atomic E-state index is 0.00803. The third kappa shape index (κ3) is 4.53. The fraction of sp³-hybridized carbons (Fsp3) is 0.259. The lowest BCUT2D eigenvalue weighted by atomic mass is 9.77. The van der Waals surface area contributed by atoms with Crippen LogP contribution in [0.15, 0.2) is 76.5 Å². The molecule has 0 bridgehead atoms. The summed E-state index contributed by atoms with van der Waals surface area (Å²) in [5, 5.41) is 3.67. The van der Waals surface area contributed by atoms with Crippen LogP contribution in [0.5, 0.6) is 0 Å². The molecule has 3 aromatic rings.